The normalized spacial score (nSPS) is 11.0. The van der Waals surface area contributed by atoms with Gasteiger partial charge in [-0.15, -0.1) is 0 Å². The van der Waals surface area contributed by atoms with Crippen LogP contribution in [0.1, 0.15) is 30.9 Å². The van der Waals surface area contributed by atoms with Gasteiger partial charge in [0.2, 0.25) is 0 Å². The Morgan fingerprint density at radius 3 is 2.32 bits per heavy atom. The Labute approximate surface area is 127 Å². The van der Waals surface area contributed by atoms with E-state index in [1.165, 1.54) is 15.4 Å². The number of hydrogen-bond donors (Lipinski definition) is 1. The number of benzene rings is 2. The molecule has 2 N–H and O–H groups in total. The topological polar surface area (TPSA) is 26.0 Å². The van der Waals surface area contributed by atoms with E-state index < -0.39 is 0 Å². The van der Waals surface area contributed by atoms with Crippen molar-refractivity contribution in [3.63, 3.8) is 0 Å². The lowest BCUT2D eigenvalue weighted by molar-refractivity contribution is 0.865. The van der Waals surface area contributed by atoms with Crippen molar-refractivity contribution in [2.75, 3.05) is 0 Å². The minimum Gasteiger partial charge on any atom is -0.326 e. The van der Waals surface area contributed by atoms with Gasteiger partial charge in [0.05, 0.1) is 0 Å². The van der Waals surface area contributed by atoms with Crippen LogP contribution in [0.15, 0.2) is 56.7 Å². The first kappa shape index (κ1) is 14.6. The number of hydrogen-bond acceptors (Lipinski definition) is 2. The summed E-state index contributed by atoms with van der Waals surface area (Å²) in [4.78, 5) is 2.47. The van der Waals surface area contributed by atoms with Gasteiger partial charge in [-0.2, -0.15) is 0 Å². The van der Waals surface area contributed by atoms with E-state index in [-0.39, 0.29) is 0 Å². The molecule has 0 fully saturated rings. The minimum absolute atomic E-state index is 0.569. The van der Waals surface area contributed by atoms with Crippen molar-refractivity contribution in [1.82, 2.24) is 0 Å². The molecule has 19 heavy (non-hydrogen) atoms. The molecule has 0 saturated heterocycles. The zero-order valence-corrected chi connectivity index (χ0v) is 13.6. The fourth-order valence-electron chi connectivity index (χ4n) is 1.85. The lowest BCUT2D eigenvalue weighted by atomic mass is 10.0. The highest BCUT2D eigenvalue weighted by molar-refractivity contribution is 9.10. The lowest BCUT2D eigenvalue weighted by Gasteiger charge is -2.08. The maximum Gasteiger partial charge on any atom is 0.0189 e. The largest absolute Gasteiger partial charge is 0.326 e. The molecule has 0 radical (unpaired) electrons. The van der Waals surface area contributed by atoms with E-state index >= 15 is 0 Å². The summed E-state index contributed by atoms with van der Waals surface area (Å²) in [6.45, 7) is 4.99. The molecule has 0 aliphatic rings. The average Bonchev–Trinajstić information content (AvgIpc) is 2.38. The molecule has 0 heterocycles. The molecule has 0 bridgehead atoms. The molecule has 1 nitrogen and oxygen atoms in total. The fourth-order valence-corrected chi connectivity index (χ4v) is 3.49. The van der Waals surface area contributed by atoms with Gasteiger partial charge in [0.25, 0.3) is 0 Å². The molecule has 0 amide bonds. The highest BCUT2D eigenvalue weighted by Crippen LogP contribution is 2.31. The van der Waals surface area contributed by atoms with Crippen LogP contribution in [0.4, 0.5) is 0 Å². The summed E-state index contributed by atoms with van der Waals surface area (Å²) >= 11 is 5.30. The molecule has 2 aromatic carbocycles. The molecule has 0 aromatic heterocycles. The molecule has 0 unspecified atom stereocenters. The number of halogens is 1. The number of rotatable bonds is 4. The predicted molar refractivity (Wildman–Crippen MR) is 86.7 cm³/mol. The van der Waals surface area contributed by atoms with Crippen LogP contribution in [-0.4, -0.2) is 0 Å². The Kier molecular flexibility index (Phi) is 5.08. The van der Waals surface area contributed by atoms with E-state index in [1.54, 1.807) is 11.8 Å². The Balaban J connectivity index is 2.18. The first-order chi connectivity index (χ1) is 9.08. The van der Waals surface area contributed by atoms with Crippen molar-refractivity contribution in [2.45, 2.75) is 36.1 Å². The van der Waals surface area contributed by atoms with E-state index in [4.69, 9.17) is 5.73 Å². The second kappa shape index (κ2) is 6.60. The standard InChI is InChI=1S/C16H18BrNS/c1-11(2)13-3-5-15(6-4-13)19-16-8-12(10-18)7-14(17)9-16/h3-9,11H,10,18H2,1-2H3. The minimum atomic E-state index is 0.569. The van der Waals surface area contributed by atoms with Crippen molar-refractivity contribution >= 4 is 27.7 Å². The number of nitrogens with two attached hydrogens (primary N) is 1. The molecule has 2 rings (SSSR count). The quantitative estimate of drug-likeness (QED) is 0.832. The highest BCUT2D eigenvalue weighted by Gasteiger charge is 2.03. The third-order valence-corrected chi connectivity index (χ3v) is 4.39. The zero-order chi connectivity index (χ0) is 13.8. The summed E-state index contributed by atoms with van der Waals surface area (Å²) in [6, 6.07) is 15.1. The third kappa shape index (κ3) is 4.10. The zero-order valence-electron chi connectivity index (χ0n) is 11.2. The summed E-state index contributed by atoms with van der Waals surface area (Å²) in [5.74, 6) is 0.578. The van der Waals surface area contributed by atoms with Crippen LogP contribution in [0.3, 0.4) is 0 Å². The van der Waals surface area contributed by atoms with Crippen molar-refractivity contribution in [2.24, 2.45) is 5.73 Å². The first-order valence-corrected chi connectivity index (χ1v) is 7.97. The van der Waals surface area contributed by atoms with Gasteiger partial charge >= 0.3 is 0 Å². The van der Waals surface area contributed by atoms with Crippen LogP contribution in [0.2, 0.25) is 0 Å². The van der Waals surface area contributed by atoms with Crippen molar-refractivity contribution in [3.05, 3.63) is 58.1 Å². The third-order valence-electron chi connectivity index (χ3n) is 2.95. The molecule has 0 atom stereocenters. The lowest BCUT2D eigenvalue weighted by Crippen LogP contribution is -1.96. The van der Waals surface area contributed by atoms with E-state index in [1.807, 2.05) is 0 Å². The molecule has 0 saturated carbocycles. The second-order valence-electron chi connectivity index (χ2n) is 4.83. The second-order valence-corrected chi connectivity index (χ2v) is 6.89. The van der Waals surface area contributed by atoms with Crippen LogP contribution in [-0.2, 0) is 6.54 Å². The van der Waals surface area contributed by atoms with Crippen molar-refractivity contribution in [3.8, 4) is 0 Å². The van der Waals surface area contributed by atoms with Gasteiger partial charge in [-0.05, 0) is 47.4 Å². The Morgan fingerprint density at radius 2 is 1.74 bits per heavy atom. The van der Waals surface area contributed by atoms with E-state index in [2.05, 4.69) is 72.2 Å². The maximum absolute atomic E-state index is 5.70. The smallest absolute Gasteiger partial charge is 0.0189 e. The average molecular weight is 336 g/mol. The van der Waals surface area contributed by atoms with Crippen LogP contribution in [0.25, 0.3) is 0 Å². The van der Waals surface area contributed by atoms with Crippen LogP contribution in [0, 0.1) is 0 Å². The monoisotopic (exact) mass is 335 g/mol. The van der Waals surface area contributed by atoms with Gasteiger partial charge in [0.1, 0.15) is 0 Å². The van der Waals surface area contributed by atoms with Crippen molar-refractivity contribution < 1.29 is 0 Å². The summed E-state index contributed by atoms with van der Waals surface area (Å²) in [7, 11) is 0. The van der Waals surface area contributed by atoms with Gasteiger partial charge in [-0.25, -0.2) is 0 Å². The summed E-state index contributed by atoms with van der Waals surface area (Å²) < 4.78 is 1.08. The molecular weight excluding hydrogens is 318 g/mol. The summed E-state index contributed by atoms with van der Waals surface area (Å²) in [6.07, 6.45) is 0. The predicted octanol–water partition coefficient (Wildman–Crippen LogP) is 5.18. The Hall–Kier alpha value is -0.770. The molecule has 0 aliphatic carbocycles. The van der Waals surface area contributed by atoms with E-state index in [9.17, 15) is 0 Å². The van der Waals surface area contributed by atoms with Crippen LogP contribution in [0.5, 0.6) is 0 Å². The van der Waals surface area contributed by atoms with Gasteiger partial charge in [-0.3, -0.25) is 0 Å². The van der Waals surface area contributed by atoms with E-state index in [0.29, 0.717) is 12.5 Å². The fraction of sp³-hybridized carbons (Fsp3) is 0.250. The molecule has 0 aliphatic heterocycles. The molecule has 3 heteroatoms. The van der Waals surface area contributed by atoms with Gasteiger partial charge < -0.3 is 5.73 Å². The molecule has 2 aromatic rings. The van der Waals surface area contributed by atoms with Gasteiger partial charge in [0.15, 0.2) is 0 Å². The van der Waals surface area contributed by atoms with Gasteiger partial charge in [0, 0.05) is 20.8 Å². The van der Waals surface area contributed by atoms with Crippen LogP contribution < -0.4 is 5.73 Å². The summed E-state index contributed by atoms with van der Waals surface area (Å²) in [5.41, 5.74) is 8.23. The summed E-state index contributed by atoms with van der Waals surface area (Å²) in [5, 5.41) is 0. The highest BCUT2D eigenvalue weighted by atomic mass is 79.9. The SMILES string of the molecule is CC(C)c1ccc(Sc2cc(Br)cc(CN)c2)cc1. The van der Waals surface area contributed by atoms with Gasteiger partial charge in [-0.1, -0.05) is 53.7 Å². The molecule has 100 valence electrons. The Bertz CT molecular complexity index is 549. The first-order valence-electron chi connectivity index (χ1n) is 6.36. The maximum atomic E-state index is 5.70. The van der Waals surface area contributed by atoms with Crippen molar-refractivity contribution in [1.29, 1.82) is 0 Å². The Morgan fingerprint density at radius 1 is 1.05 bits per heavy atom. The van der Waals surface area contributed by atoms with E-state index in [0.717, 1.165) is 10.0 Å². The molecule has 0 spiro atoms. The molecular formula is C16H18BrNS. The van der Waals surface area contributed by atoms with Crippen LogP contribution >= 0.6 is 27.7 Å².